The van der Waals surface area contributed by atoms with Crippen molar-refractivity contribution in [2.75, 3.05) is 0 Å². The van der Waals surface area contributed by atoms with E-state index in [2.05, 4.69) is 22.4 Å². The number of amides is 1. The summed E-state index contributed by atoms with van der Waals surface area (Å²) < 4.78 is 1.52. The molecule has 0 aliphatic heterocycles. The number of carbonyl (C=O) groups excluding carboxylic acids is 1. The summed E-state index contributed by atoms with van der Waals surface area (Å²) in [6.45, 7) is 1.68. The van der Waals surface area contributed by atoms with Crippen molar-refractivity contribution in [1.29, 1.82) is 0 Å². The maximum atomic E-state index is 12.7. The number of aromatic nitrogens is 2. The number of hydrogen-bond acceptors (Lipinski definition) is 3. The molecular weight excluding hydrogens is 326 g/mol. The molecule has 1 aliphatic carbocycles. The third-order valence-electron chi connectivity index (χ3n) is 5.02. The first-order valence-electron chi connectivity index (χ1n) is 8.97. The van der Waals surface area contributed by atoms with Gasteiger partial charge >= 0.3 is 0 Å². The SMILES string of the molecule is Cc1nc2ccccc2n(CC(=O)NC2CCCc3ccccc32)c1=O. The van der Waals surface area contributed by atoms with Gasteiger partial charge < -0.3 is 5.32 Å². The van der Waals surface area contributed by atoms with E-state index in [1.807, 2.05) is 36.4 Å². The van der Waals surface area contributed by atoms with Crippen LogP contribution in [0.1, 0.15) is 35.7 Å². The summed E-state index contributed by atoms with van der Waals surface area (Å²) in [5, 5.41) is 3.12. The van der Waals surface area contributed by atoms with Crippen LogP contribution in [0.3, 0.4) is 0 Å². The molecule has 0 saturated carbocycles. The second-order valence-electron chi connectivity index (χ2n) is 6.79. The number of fused-ring (bicyclic) bond motifs is 2. The molecule has 0 bridgehead atoms. The third kappa shape index (κ3) is 3.01. The zero-order chi connectivity index (χ0) is 18.1. The number of aryl methyl sites for hydroxylation is 2. The number of benzene rings is 2. The lowest BCUT2D eigenvalue weighted by molar-refractivity contribution is -0.122. The van der Waals surface area contributed by atoms with Gasteiger partial charge in [-0.2, -0.15) is 0 Å². The summed E-state index contributed by atoms with van der Waals surface area (Å²) in [7, 11) is 0. The molecule has 4 rings (SSSR count). The minimum Gasteiger partial charge on any atom is -0.348 e. The minimum atomic E-state index is -0.220. The van der Waals surface area contributed by atoms with E-state index in [4.69, 9.17) is 0 Å². The zero-order valence-electron chi connectivity index (χ0n) is 14.7. The van der Waals surface area contributed by atoms with Crippen LogP contribution < -0.4 is 10.9 Å². The molecule has 3 aromatic rings. The molecule has 1 unspecified atom stereocenters. The molecule has 2 aromatic carbocycles. The average Bonchev–Trinajstić information content (AvgIpc) is 2.66. The Balaban J connectivity index is 1.61. The largest absolute Gasteiger partial charge is 0.348 e. The first-order chi connectivity index (χ1) is 12.6. The van der Waals surface area contributed by atoms with Gasteiger partial charge in [0.2, 0.25) is 5.91 Å². The summed E-state index contributed by atoms with van der Waals surface area (Å²) in [4.78, 5) is 29.6. The van der Waals surface area contributed by atoms with E-state index < -0.39 is 0 Å². The molecule has 0 radical (unpaired) electrons. The summed E-state index contributed by atoms with van der Waals surface area (Å²) in [5.74, 6) is -0.149. The fourth-order valence-electron chi connectivity index (χ4n) is 3.76. The van der Waals surface area contributed by atoms with Crippen LogP contribution >= 0.6 is 0 Å². The molecule has 0 spiro atoms. The molecule has 132 valence electrons. The molecule has 26 heavy (non-hydrogen) atoms. The summed E-state index contributed by atoms with van der Waals surface area (Å²) in [6, 6.07) is 15.7. The maximum absolute atomic E-state index is 12.7. The maximum Gasteiger partial charge on any atom is 0.272 e. The Bertz CT molecular complexity index is 1040. The van der Waals surface area contributed by atoms with Gasteiger partial charge in [-0.25, -0.2) is 4.98 Å². The van der Waals surface area contributed by atoms with E-state index in [9.17, 15) is 9.59 Å². The van der Waals surface area contributed by atoms with Gasteiger partial charge in [-0.3, -0.25) is 14.2 Å². The predicted molar refractivity (Wildman–Crippen MR) is 101 cm³/mol. The highest BCUT2D eigenvalue weighted by Gasteiger charge is 2.22. The van der Waals surface area contributed by atoms with Crippen molar-refractivity contribution in [3.8, 4) is 0 Å². The molecule has 1 atom stereocenters. The second kappa shape index (κ2) is 6.75. The van der Waals surface area contributed by atoms with Crippen molar-refractivity contribution in [3.63, 3.8) is 0 Å². The van der Waals surface area contributed by atoms with Crippen LogP contribution in [0.2, 0.25) is 0 Å². The number of carbonyl (C=O) groups is 1. The average molecular weight is 347 g/mol. The minimum absolute atomic E-state index is 0.00136. The first kappa shape index (κ1) is 16.5. The third-order valence-corrected chi connectivity index (χ3v) is 5.02. The smallest absolute Gasteiger partial charge is 0.272 e. The van der Waals surface area contributed by atoms with E-state index in [0.717, 1.165) is 24.8 Å². The Morgan fingerprint density at radius 2 is 1.96 bits per heavy atom. The highest BCUT2D eigenvalue weighted by Crippen LogP contribution is 2.29. The lowest BCUT2D eigenvalue weighted by atomic mass is 9.88. The molecule has 5 nitrogen and oxygen atoms in total. The Hall–Kier alpha value is -2.95. The van der Waals surface area contributed by atoms with Crippen molar-refractivity contribution in [2.24, 2.45) is 0 Å². The zero-order valence-corrected chi connectivity index (χ0v) is 14.7. The van der Waals surface area contributed by atoms with Gasteiger partial charge in [-0.1, -0.05) is 36.4 Å². The number of nitrogens with one attached hydrogen (secondary N) is 1. The normalized spacial score (nSPS) is 16.3. The number of nitrogens with zero attached hydrogens (tertiary/aromatic N) is 2. The van der Waals surface area contributed by atoms with Crippen LogP contribution in [0.15, 0.2) is 53.3 Å². The molecule has 0 saturated heterocycles. The summed E-state index contributed by atoms with van der Waals surface area (Å²) >= 11 is 0. The summed E-state index contributed by atoms with van der Waals surface area (Å²) in [6.07, 6.45) is 3.03. The molecule has 1 aliphatic rings. The van der Waals surface area contributed by atoms with E-state index in [-0.39, 0.29) is 24.1 Å². The van der Waals surface area contributed by atoms with Crippen LogP contribution in [0.5, 0.6) is 0 Å². The molecule has 1 heterocycles. The van der Waals surface area contributed by atoms with Gasteiger partial charge in [0.25, 0.3) is 5.56 Å². The van der Waals surface area contributed by atoms with Crippen LogP contribution in [-0.4, -0.2) is 15.5 Å². The lowest BCUT2D eigenvalue weighted by Gasteiger charge is -2.26. The molecule has 1 amide bonds. The van der Waals surface area contributed by atoms with Gasteiger partial charge in [-0.15, -0.1) is 0 Å². The van der Waals surface area contributed by atoms with Crippen molar-refractivity contribution in [1.82, 2.24) is 14.9 Å². The van der Waals surface area contributed by atoms with Gasteiger partial charge in [-0.05, 0) is 49.4 Å². The van der Waals surface area contributed by atoms with E-state index >= 15 is 0 Å². The van der Waals surface area contributed by atoms with E-state index in [1.54, 1.807) is 6.92 Å². The first-order valence-corrected chi connectivity index (χ1v) is 8.97. The Kier molecular flexibility index (Phi) is 4.29. The Morgan fingerprint density at radius 3 is 2.85 bits per heavy atom. The second-order valence-corrected chi connectivity index (χ2v) is 6.79. The lowest BCUT2D eigenvalue weighted by Crippen LogP contribution is -2.36. The van der Waals surface area contributed by atoms with Crippen LogP contribution in [-0.2, 0) is 17.8 Å². The number of para-hydroxylation sites is 2. The van der Waals surface area contributed by atoms with E-state index in [0.29, 0.717) is 11.2 Å². The van der Waals surface area contributed by atoms with Crippen molar-refractivity contribution < 1.29 is 4.79 Å². The monoisotopic (exact) mass is 347 g/mol. The van der Waals surface area contributed by atoms with Crippen LogP contribution in [0.25, 0.3) is 11.0 Å². The van der Waals surface area contributed by atoms with Gasteiger partial charge in [0, 0.05) is 0 Å². The predicted octanol–water partition coefficient (Wildman–Crippen LogP) is 2.90. The number of rotatable bonds is 3. The Morgan fingerprint density at radius 1 is 1.19 bits per heavy atom. The van der Waals surface area contributed by atoms with Gasteiger partial charge in [0.1, 0.15) is 12.2 Å². The molecule has 5 heteroatoms. The fraction of sp³-hybridized carbons (Fsp3) is 0.286. The fourth-order valence-corrected chi connectivity index (χ4v) is 3.76. The number of hydrogen-bond donors (Lipinski definition) is 1. The van der Waals surface area contributed by atoms with E-state index in [1.165, 1.54) is 15.7 Å². The summed E-state index contributed by atoms with van der Waals surface area (Å²) in [5.41, 5.74) is 4.08. The van der Waals surface area contributed by atoms with Crippen molar-refractivity contribution in [3.05, 3.63) is 75.7 Å². The topological polar surface area (TPSA) is 64.0 Å². The molecule has 1 aromatic heterocycles. The van der Waals surface area contributed by atoms with Crippen molar-refractivity contribution in [2.45, 2.75) is 38.8 Å². The molecule has 0 fully saturated rings. The molecular formula is C21H21N3O2. The van der Waals surface area contributed by atoms with Crippen LogP contribution in [0.4, 0.5) is 0 Å². The van der Waals surface area contributed by atoms with Crippen molar-refractivity contribution >= 4 is 16.9 Å². The molecule has 1 N–H and O–H groups in total. The standard InChI is InChI=1S/C21H21N3O2/c1-14-21(26)24(19-12-5-4-10-18(19)22-14)13-20(25)23-17-11-6-8-15-7-2-3-9-16(15)17/h2-5,7,9-10,12,17H,6,8,11,13H2,1H3,(H,23,25). The van der Waals surface area contributed by atoms with Gasteiger partial charge in [0.05, 0.1) is 17.1 Å². The highest BCUT2D eigenvalue weighted by molar-refractivity contribution is 5.80. The quantitative estimate of drug-likeness (QED) is 0.792. The highest BCUT2D eigenvalue weighted by atomic mass is 16.2. The van der Waals surface area contributed by atoms with Gasteiger partial charge in [0.15, 0.2) is 0 Å². The Labute approximate surface area is 151 Å². The van der Waals surface area contributed by atoms with Crippen LogP contribution in [0, 0.1) is 6.92 Å².